The Bertz CT molecular complexity index is 295. The van der Waals surface area contributed by atoms with Crippen molar-refractivity contribution in [3.05, 3.63) is 12.2 Å². The minimum absolute atomic E-state index is 0.0961. The summed E-state index contributed by atoms with van der Waals surface area (Å²) in [6.45, 7) is 2.49. The van der Waals surface area contributed by atoms with Crippen molar-refractivity contribution in [1.82, 2.24) is 0 Å². The molecule has 0 aromatic rings. The molecule has 1 heterocycles. The largest absolute Gasteiger partial charge is 0.394 e. The van der Waals surface area contributed by atoms with Crippen LogP contribution in [0.3, 0.4) is 0 Å². The lowest BCUT2D eigenvalue weighted by molar-refractivity contribution is -0.101. The van der Waals surface area contributed by atoms with Crippen molar-refractivity contribution in [3.8, 4) is 0 Å². The molecular formula is C17H32O5. The Labute approximate surface area is 133 Å². The molecule has 130 valence electrons. The van der Waals surface area contributed by atoms with E-state index in [9.17, 15) is 15.3 Å². The van der Waals surface area contributed by atoms with E-state index in [2.05, 4.69) is 19.1 Å². The quantitative estimate of drug-likeness (QED) is 0.378. The third kappa shape index (κ3) is 7.20. The van der Waals surface area contributed by atoms with Gasteiger partial charge < -0.3 is 24.8 Å². The summed E-state index contributed by atoms with van der Waals surface area (Å²) in [5.74, 6) is 0. The Morgan fingerprint density at radius 3 is 2.41 bits per heavy atom. The lowest BCUT2D eigenvalue weighted by atomic mass is 10.1. The molecule has 1 rings (SSSR count). The van der Waals surface area contributed by atoms with Gasteiger partial charge in [-0.3, -0.25) is 0 Å². The van der Waals surface area contributed by atoms with Gasteiger partial charge in [-0.25, -0.2) is 0 Å². The first kappa shape index (κ1) is 19.6. The van der Waals surface area contributed by atoms with Gasteiger partial charge in [0.05, 0.1) is 13.2 Å². The van der Waals surface area contributed by atoms with Gasteiger partial charge in [0.1, 0.15) is 24.4 Å². The number of ether oxygens (including phenoxy) is 2. The van der Waals surface area contributed by atoms with Gasteiger partial charge in [-0.05, 0) is 26.2 Å². The Kier molecular flexibility index (Phi) is 10.7. The molecule has 0 spiro atoms. The van der Waals surface area contributed by atoms with E-state index in [0.717, 1.165) is 12.8 Å². The lowest BCUT2D eigenvalue weighted by Crippen LogP contribution is -2.42. The fraction of sp³-hybridized carbons (Fsp3) is 0.882. The molecule has 0 aromatic heterocycles. The Morgan fingerprint density at radius 2 is 1.82 bits per heavy atom. The van der Waals surface area contributed by atoms with Crippen molar-refractivity contribution in [2.24, 2.45) is 0 Å². The van der Waals surface area contributed by atoms with Crippen LogP contribution < -0.4 is 0 Å². The van der Waals surface area contributed by atoms with Gasteiger partial charge in [-0.15, -0.1) is 0 Å². The maximum Gasteiger partial charge on any atom is 0.114 e. The summed E-state index contributed by atoms with van der Waals surface area (Å²) >= 11 is 0. The molecule has 0 unspecified atom stereocenters. The average Bonchev–Trinajstić information content (AvgIpc) is 2.85. The third-order valence-corrected chi connectivity index (χ3v) is 4.07. The van der Waals surface area contributed by atoms with E-state index in [4.69, 9.17) is 9.47 Å². The molecule has 4 atom stereocenters. The molecule has 0 amide bonds. The number of rotatable bonds is 12. The van der Waals surface area contributed by atoms with E-state index in [1.165, 1.54) is 32.1 Å². The lowest BCUT2D eigenvalue weighted by Gasteiger charge is -2.24. The van der Waals surface area contributed by atoms with Crippen LogP contribution in [0.2, 0.25) is 0 Å². The first-order chi connectivity index (χ1) is 10.7. The molecule has 1 saturated heterocycles. The highest BCUT2D eigenvalue weighted by molar-refractivity contribution is 4.88. The fourth-order valence-electron chi connectivity index (χ4n) is 2.68. The molecule has 0 radical (unpaired) electrons. The van der Waals surface area contributed by atoms with E-state index in [1.807, 2.05) is 0 Å². The normalized spacial score (nSPS) is 26.8. The molecule has 0 saturated carbocycles. The Morgan fingerprint density at radius 1 is 1.14 bits per heavy atom. The van der Waals surface area contributed by atoms with Crippen LogP contribution in [0.5, 0.6) is 0 Å². The zero-order chi connectivity index (χ0) is 16.2. The van der Waals surface area contributed by atoms with E-state index in [0.29, 0.717) is 6.61 Å². The molecule has 0 bridgehead atoms. The predicted molar refractivity (Wildman–Crippen MR) is 85.7 cm³/mol. The highest BCUT2D eigenvalue weighted by Gasteiger charge is 2.40. The van der Waals surface area contributed by atoms with Gasteiger partial charge >= 0.3 is 0 Å². The molecule has 22 heavy (non-hydrogen) atoms. The molecule has 1 aliphatic rings. The zero-order valence-corrected chi connectivity index (χ0v) is 13.7. The SMILES string of the molecule is C/C=C/CCCCCCCCO[C@H](CO)[C@@H]1OC[C@H](O)[C@@H]1O. The fourth-order valence-corrected chi connectivity index (χ4v) is 2.68. The van der Waals surface area contributed by atoms with Crippen LogP contribution in [-0.4, -0.2) is 59.6 Å². The highest BCUT2D eigenvalue weighted by atomic mass is 16.6. The number of hydrogen-bond acceptors (Lipinski definition) is 5. The van der Waals surface area contributed by atoms with Crippen LogP contribution in [0.4, 0.5) is 0 Å². The van der Waals surface area contributed by atoms with Gasteiger partial charge in [-0.2, -0.15) is 0 Å². The average molecular weight is 316 g/mol. The summed E-state index contributed by atoms with van der Waals surface area (Å²) in [6.07, 6.45) is 9.44. The maximum absolute atomic E-state index is 9.75. The van der Waals surface area contributed by atoms with Crippen LogP contribution in [-0.2, 0) is 9.47 Å². The number of unbranched alkanes of at least 4 members (excludes halogenated alkanes) is 6. The van der Waals surface area contributed by atoms with Crippen LogP contribution in [0.15, 0.2) is 12.2 Å². The zero-order valence-electron chi connectivity index (χ0n) is 13.7. The summed E-state index contributed by atoms with van der Waals surface area (Å²) in [6, 6.07) is 0. The van der Waals surface area contributed by atoms with Gasteiger partial charge in [0.15, 0.2) is 0 Å². The standard InChI is InChI=1S/C17H32O5/c1-2-3-4-5-6-7-8-9-10-11-21-15(12-18)17-16(20)14(19)13-22-17/h2-3,14-20H,4-13H2,1H3/b3-2+/t14-,15+,16-,17-/m0/s1. The monoisotopic (exact) mass is 316 g/mol. The molecule has 1 fully saturated rings. The molecule has 0 aliphatic carbocycles. The maximum atomic E-state index is 9.75. The number of aliphatic hydroxyl groups is 3. The molecule has 0 aromatic carbocycles. The summed E-state index contributed by atoms with van der Waals surface area (Å²) in [5.41, 5.74) is 0. The topological polar surface area (TPSA) is 79.2 Å². The van der Waals surface area contributed by atoms with Crippen LogP contribution in [0, 0.1) is 0 Å². The Hall–Kier alpha value is -0.460. The van der Waals surface area contributed by atoms with Crippen molar-refractivity contribution in [2.45, 2.75) is 76.3 Å². The minimum atomic E-state index is -0.977. The van der Waals surface area contributed by atoms with Crippen LogP contribution >= 0.6 is 0 Å². The first-order valence-electron chi connectivity index (χ1n) is 8.52. The summed E-state index contributed by atoms with van der Waals surface area (Å²) < 4.78 is 10.9. The van der Waals surface area contributed by atoms with Crippen LogP contribution in [0.25, 0.3) is 0 Å². The molecule has 3 N–H and O–H groups in total. The second-order valence-electron chi connectivity index (χ2n) is 5.93. The Balaban J connectivity index is 2.01. The van der Waals surface area contributed by atoms with Crippen molar-refractivity contribution >= 4 is 0 Å². The summed E-state index contributed by atoms with van der Waals surface area (Å²) in [5, 5.41) is 28.5. The van der Waals surface area contributed by atoms with E-state index in [1.54, 1.807) is 0 Å². The highest BCUT2D eigenvalue weighted by Crippen LogP contribution is 2.19. The van der Waals surface area contributed by atoms with Gasteiger partial charge in [0, 0.05) is 6.61 Å². The molecule has 5 nitrogen and oxygen atoms in total. The number of hydrogen-bond donors (Lipinski definition) is 3. The molecular weight excluding hydrogens is 284 g/mol. The van der Waals surface area contributed by atoms with Crippen molar-refractivity contribution < 1.29 is 24.8 Å². The summed E-state index contributed by atoms with van der Waals surface area (Å²) in [7, 11) is 0. The predicted octanol–water partition coefficient (Wildman–Crippen LogP) is 1.79. The van der Waals surface area contributed by atoms with Crippen molar-refractivity contribution in [1.29, 1.82) is 0 Å². The minimum Gasteiger partial charge on any atom is -0.394 e. The van der Waals surface area contributed by atoms with Crippen molar-refractivity contribution in [2.75, 3.05) is 19.8 Å². The van der Waals surface area contributed by atoms with Gasteiger partial charge in [0.25, 0.3) is 0 Å². The first-order valence-corrected chi connectivity index (χ1v) is 8.52. The van der Waals surface area contributed by atoms with E-state index >= 15 is 0 Å². The number of aliphatic hydroxyl groups excluding tert-OH is 3. The van der Waals surface area contributed by atoms with Crippen LogP contribution in [0.1, 0.15) is 51.9 Å². The molecule has 5 heteroatoms. The molecule has 1 aliphatic heterocycles. The van der Waals surface area contributed by atoms with Crippen molar-refractivity contribution in [3.63, 3.8) is 0 Å². The van der Waals surface area contributed by atoms with Gasteiger partial charge in [-0.1, -0.05) is 37.8 Å². The second-order valence-corrected chi connectivity index (χ2v) is 5.93. The summed E-state index contributed by atoms with van der Waals surface area (Å²) in [4.78, 5) is 0. The van der Waals surface area contributed by atoms with E-state index in [-0.39, 0.29) is 13.2 Å². The smallest absolute Gasteiger partial charge is 0.114 e. The third-order valence-electron chi connectivity index (χ3n) is 4.07. The second kappa shape index (κ2) is 12.0. The number of allylic oxidation sites excluding steroid dienone is 2. The van der Waals surface area contributed by atoms with E-state index < -0.39 is 24.4 Å². The van der Waals surface area contributed by atoms with Gasteiger partial charge in [0.2, 0.25) is 0 Å².